The zero-order valence-electron chi connectivity index (χ0n) is 15.1. The fourth-order valence-corrected chi connectivity index (χ4v) is 2.68. The molecule has 126 valence electrons. The van der Waals surface area contributed by atoms with Gasteiger partial charge in [0, 0.05) is 32.1 Å². The summed E-state index contributed by atoms with van der Waals surface area (Å²) in [5.74, 6) is 1.89. The van der Waals surface area contributed by atoms with Gasteiger partial charge in [-0.05, 0) is 25.3 Å². The number of rotatable bonds is 5. The molecule has 5 nitrogen and oxygen atoms in total. The summed E-state index contributed by atoms with van der Waals surface area (Å²) in [6, 6.07) is 0.213. The summed E-state index contributed by atoms with van der Waals surface area (Å²) in [5.41, 5.74) is 0.418. The van der Waals surface area contributed by atoms with Crippen LogP contribution in [0.4, 0.5) is 0 Å². The van der Waals surface area contributed by atoms with E-state index in [4.69, 9.17) is 4.52 Å². The Morgan fingerprint density at radius 2 is 1.73 bits per heavy atom. The second-order valence-electron chi connectivity index (χ2n) is 8.01. The molecule has 0 amide bonds. The molecule has 22 heavy (non-hydrogen) atoms. The van der Waals surface area contributed by atoms with Gasteiger partial charge in [0.15, 0.2) is 5.82 Å². The van der Waals surface area contributed by atoms with Gasteiger partial charge >= 0.3 is 0 Å². The van der Waals surface area contributed by atoms with Crippen molar-refractivity contribution >= 4 is 0 Å². The zero-order valence-corrected chi connectivity index (χ0v) is 15.1. The molecule has 0 N–H and O–H groups in total. The molecular formula is C17H32N4O. The Morgan fingerprint density at radius 3 is 2.23 bits per heavy atom. The van der Waals surface area contributed by atoms with Crippen molar-refractivity contribution in [1.29, 1.82) is 0 Å². The molecule has 1 atom stereocenters. The molecule has 1 saturated heterocycles. The molecule has 0 saturated carbocycles. The molecule has 0 spiro atoms. The topological polar surface area (TPSA) is 45.4 Å². The summed E-state index contributed by atoms with van der Waals surface area (Å²) in [4.78, 5) is 9.56. The molecule has 1 aliphatic rings. The van der Waals surface area contributed by atoms with Crippen LogP contribution in [0.15, 0.2) is 4.52 Å². The van der Waals surface area contributed by atoms with Crippen LogP contribution < -0.4 is 0 Å². The largest absolute Gasteiger partial charge is 0.338 e. The Kier molecular flexibility index (Phi) is 5.61. The summed E-state index contributed by atoms with van der Waals surface area (Å²) in [5, 5.41) is 4.08. The molecule has 1 aromatic heterocycles. The Bertz CT molecular complexity index is 455. The average Bonchev–Trinajstić information content (AvgIpc) is 2.94. The van der Waals surface area contributed by atoms with Crippen LogP contribution in [-0.4, -0.2) is 52.7 Å². The van der Waals surface area contributed by atoms with Crippen LogP contribution >= 0.6 is 0 Å². The summed E-state index contributed by atoms with van der Waals surface area (Å²) in [6.07, 6.45) is 1.25. The predicted molar refractivity (Wildman–Crippen MR) is 88.9 cm³/mol. The Labute approximate surface area is 135 Å². The highest BCUT2D eigenvalue weighted by Gasteiger charge is 2.26. The van der Waals surface area contributed by atoms with E-state index in [1.165, 1.54) is 13.0 Å². The van der Waals surface area contributed by atoms with Crippen LogP contribution in [0.25, 0.3) is 0 Å². The van der Waals surface area contributed by atoms with E-state index in [-0.39, 0.29) is 6.04 Å². The van der Waals surface area contributed by atoms with Gasteiger partial charge in [-0.15, -0.1) is 0 Å². The minimum absolute atomic E-state index is 0.213. The van der Waals surface area contributed by atoms with Crippen molar-refractivity contribution in [3.63, 3.8) is 0 Å². The molecule has 1 fully saturated rings. The van der Waals surface area contributed by atoms with E-state index < -0.39 is 0 Å². The van der Waals surface area contributed by atoms with Crippen molar-refractivity contribution in [2.75, 3.05) is 32.7 Å². The number of nitrogens with zero attached hydrogens (tertiary/aromatic N) is 4. The second-order valence-corrected chi connectivity index (χ2v) is 8.01. The van der Waals surface area contributed by atoms with Gasteiger partial charge in [0.25, 0.3) is 0 Å². The van der Waals surface area contributed by atoms with Gasteiger partial charge in [-0.3, -0.25) is 4.90 Å². The number of aromatic nitrogens is 2. The summed E-state index contributed by atoms with van der Waals surface area (Å²) >= 11 is 0. The number of piperazine rings is 1. The van der Waals surface area contributed by atoms with E-state index in [0.717, 1.165) is 37.9 Å². The quantitative estimate of drug-likeness (QED) is 0.835. The molecule has 5 heteroatoms. The third kappa shape index (κ3) is 4.78. The zero-order chi connectivity index (χ0) is 16.3. The Balaban J connectivity index is 1.82. The van der Waals surface area contributed by atoms with Crippen molar-refractivity contribution in [1.82, 2.24) is 19.9 Å². The van der Waals surface area contributed by atoms with Gasteiger partial charge in [0.05, 0.1) is 6.04 Å². The highest BCUT2D eigenvalue weighted by atomic mass is 16.5. The molecule has 1 aromatic rings. The van der Waals surface area contributed by atoms with E-state index in [1.807, 2.05) is 0 Å². The average molecular weight is 308 g/mol. The van der Waals surface area contributed by atoms with E-state index in [2.05, 4.69) is 61.5 Å². The molecule has 0 aliphatic carbocycles. The minimum Gasteiger partial charge on any atom is -0.338 e. The molecule has 2 rings (SSSR count). The highest BCUT2D eigenvalue weighted by molar-refractivity contribution is 4.96. The third-order valence-corrected chi connectivity index (χ3v) is 4.46. The fourth-order valence-electron chi connectivity index (χ4n) is 2.68. The minimum atomic E-state index is 0.213. The van der Waals surface area contributed by atoms with Crippen LogP contribution in [0.5, 0.6) is 0 Å². The van der Waals surface area contributed by atoms with Crippen LogP contribution in [0.1, 0.15) is 71.6 Å². The van der Waals surface area contributed by atoms with Crippen molar-refractivity contribution in [3.8, 4) is 0 Å². The van der Waals surface area contributed by atoms with E-state index in [1.54, 1.807) is 0 Å². The normalized spacial score (nSPS) is 19.8. The van der Waals surface area contributed by atoms with E-state index in [0.29, 0.717) is 11.3 Å². The SMILES string of the molecule is CC(C)c1noc(C(C)N2CCN(CCC(C)(C)C)CC2)n1. The van der Waals surface area contributed by atoms with Gasteiger partial charge in [0.2, 0.25) is 5.89 Å². The van der Waals surface area contributed by atoms with E-state index >= 15 is 0 Å². The van der Waals surface area contributed by atoms with Crippen molar-refractivity contribution in [2.45, 2.75) is 59.9 Å². The van der Waals surface area contributed by atoms with Gasteiger partial charge in [-0.25, -0.2) is 0 Å². The lowest BCUT2D eigenvalue weighted by Crippen LogP contribution is -2.47. The first-order chi connectivity index (χ1) is 10.3. The smallest absolute Gasteiger partial charge is 0.243 e. The number of hydrogen-bond donors (Lipinski definition) is 0. The fraction of sp³-hybridized carbons (Fsp3) is 0.882. The van der Waals surface area contributed by atoms with Gasteiger partial charge in [-0.2, -0.15) is 4.98 Å². The molecule has 0 aromatic carbocycles. The first kappa shape index (κ1) is 17.4. The first-order valence-corrected chi connectivity index (χ1v) is 8.56. The van der Waals surface area contributed by atoms with Gasteiger partial charge < -0.3 is 9.42 Å². The van der Waals surface area contributed by atoms with Crippen LogP contribution in [-0.2, 0) is 0 Å². The Hall–Kier alpha value is -0.940. The lowest BCUT2D eigenvalue weighted by Gasteiger charge is -2.37. The summed E-state index contributed by atoms with van der Waals surface area (Å²) in [7, 11) is 0. The molecule has 1 aliphatic heterocycles. The highest BCUT2D eigenvalue weighted by Crippen LogP contribution is 2.23. The summed E-state index contributed by atoms with van der Waals surface area (Å²) in [6.45, 7) is 18.9. The van der Waals surface area contributed by atoms with Crippen molar-refractivity contribution < 1.29 is 4.52 Å². The van der Waals surface area contributed by atoms with Gasteiger partial charge in [-0.1, -0.05) is 39.8 Å². The monoisotopic (exact) mass is 308 g/mol. The van der Waals surface area contributed by atoms with Crippen LogP contribution in [0.2, 0.25) is 0 Å². The third-order valence-electron chi connectivity index (χ3n) is 4.46. The molecular weight excluding hydrogens is 276 g/mol. The molecule has 0 bridgehead atoms. The maximum absolute atomic E-state index is 5.44. The first-order valence-electron chi connectivity index (χ1n) is 8.56. The number of hydrogen-bond acceptors (Lipinski definition) is 5. The maximum Gasteiger partial charge on any atom is 0.243 e. The van der Waals surface area contributed by atoms with Crippen molar-refractivity contribution in [3.05, 3.63) is 11.7 Å². The van der Waals surface area contributed by atoms with Crippen LogP contribution in [0, 0.1) is 5.41 Å². The molecule has 0 radical (unpaired) electrons. The Morgan fingerprint density at radius 1 is 1.09 bits per heavy atom. The standard InChI is InChI=1S/C17H32N4O/c1-13(2)15-18-16(22-19-15)14(3)21-11-9-20(10-12-21)8-7-17(4,5)6/h13-14H,7-12H2,1-6H3. The van der Waals surface area contributed by atoms with E-state index in [9.17, 15) is 0 Å². The molecule has 2 heterocycles. The van der Waals surface area contributed by atoms with Crippen LogP contribution in [0.3, 0.4) is 0 Å². The van der Waals surface area contributed by atoms with Gasteiger partial charge in [0.1, 0.15) is 0 Å². The lowest BCUT2D eigenvalue weighted by atomic mass is 9.92. The predicted octanol–water partition coefficient (Wildman–Crippen LogP) is 3.31. The van der Waals surface area contributed by atoms with Crippen molar-refractivity contribution in [2.24, 2.45) is 5.41 Å². The lowest BCUT2D eigenvalue weighted by molar-refractivity contribution is 0.0821. The second kappa shape index (κ2) is 7.09. The summed E-state index contributed by atoms with van der Waals surface area (Å²) < 4.78 is 5.44. The maximum atomic E-state index is 5.44. The molecule has 1 unspecified atom stereocenters.